The van der Waals surface area contributed by atoms with Gasteiger partial charge in [-0.3, -0.25) is 0 Å². The van der Waals surface area contributed by atoms with E-state index in [-0.39, 0.29) is 5.60 Å². The van der Waals surface area contributed by atoms with Crippen molar-refractivity contribution in [2.45, 2.75) is 64.0 Å². The third kappa shape index (κ3) is 4.52. The maximum atomic E-state index is 5.45. The van der Waals surface area contributed by atoms with E-state index >= 15 is 0 Å². The summed E-state index contributed by atoms with van der Waals surface area (Å²) in [4.78, 5) is 2.53. The van der Waals surface area contributed by atoms with Gasteiger partial charge in [0.1, 0.15) is 0 Å². The predicted molar refractivity (Wildman–Crippen MR) is 65.2 cm³/mol. The standard InChI is InChI=1S/C13H27NO/c1-13(2,15-4)10-11-14(3)12-8-6-5-7-9-12/h12H,5-11H2,1-4H3. The highest BCUT2D eigenvalue weighted by molar-refractivity contribution is 4.76. The molecule has 90 valence electrons. The van der Waals surface area contributed by atoms with Crippen molar-refractivity contribution in [3.05, 3.63) is 0 Å². The topological polar surface area (TPSA) is 12.5 Å². The van der Waals surface area contributed by atoms with Crippen molar-refractivity contribution < 1.29 is 4.74 Å². The quantitative estimate of drug-likeness (QED) is 0.696. The molecule has 2 heteroatoms. The molecule has 1 aliphatic rings. The van der Waals surface area contributed by atoms with Crippen LogP contribution in [0.5, 0.6) is 0 Å². The maximum absolute atomic E-state index is 5.45. The van der Waals surface area contributed by atoms with E-state index in [0.29, 0.717) is 0 Å². The minimum absolute atomic E-state index is 0.0307. The number of methoxy groups -OCH3 is 1. The fraction of sp³-hybridized carbons (Fsp3) is 1.00. The Morgan fingerprint density at radius 2 is 1.80 bits per heavy atom. The van der Waals surface area contributed by atoms with Gasteiger partial charge in [-0.2, -0.15) is 0 Å². The van der Waals surface area contributed by atoms with Gasteiger partial charge >= 0.3 is 0 Å². The van der Waals surface area contributed by atoms with Gasteiger partial charge in [-0.25, -0.2) is 0 Å². The molecule has 1 saturated carbocycles. The monoisotopic (exact) mass is 213 g/mol. The Morgan fingerprint density at radius 3 is 2.33 bits per heavy atom. The first-order valence-electron chi connectivity index (χ1n) is 6.30. The van der Waals surface area contributed by atoms with Crippen LogP contribution < -0.4 is 0 Å². The Labute approximate surface area is 95.0 Å². The highest BCUT2D eigenvalue weighted by Crippen LogP contribution is 2.23. The summed E-state index contributed by atoms with van der Waals surface area (Å²) in [5, 5.41) is 0. The largest absolute Gasteiger partial charge is 0.379 e. The zero-order chi connectivity index (χ0) is 11.3. The third-order valence-electron chi connectivity index (χ3n) is 3.82. The van der Waals surface area contributed by atoms with Gasteiger partial charge < -0.3 is 9.64 Å². The van der Waals surface area contributed by atoms with Crippen LogP contribution in [0, 0.1) is 0 Å². The number of nitrogens with zero attached hydrogens (tertiary/aromatic N) is 1. The lowest BCUT2D eigenvalue weighted by atomic mass is 9.94. The van der Waals surface area contributed by atoms with Crippen molar-refractivity contribution in [2.24, 2.45) is 0 Å². The molecule has 0 saturated heterocycles. The second kappa shape index (κ2) is 5.86. The Morgan fingerprint density at radius 1 is 1.20 bits per heavy atom. The van der Waals surface area contributed by atoms with Gasteiger partial charge in [-0.05, 0) is 40.2 Å². The van der Waals surface area contributed by atoms with E-state index in [9.17, 15) is 0 Å². The normalized spacial score (nSPS) is 19.8. The van der Waals surface area contributed by atoms with Crippen molar-refractivity contribution in [1.82, 2.24) is 4.90 Å². The summed E-state index contributed by atoms with van der Waals surface area (Å²) >= 11 is 0. The Kier molecular flexibility index (Phi) is 5.07. The van der Waals surface area contributed by atoms with Crippen molar-refractivity contribution >= 4 is 0 Å². The molecule has 0 radical (unpaired) electrons. The van der Waals surface area contributed by atoms with Crippen molar-refractivity contribution in [3.8, 4) is 0 Å². The lowest BCUT2D eigenvalue weighted by molar-refractivity contribution is 0.00508. The molecule has 0 aliphatic heterocycles. The molecule has 0 amide bonds. The van der Waals surface area contributed by atoms with Crippen LogP contribution >= 0.6 is 0 Å². The van der Waals surface area contributed by atoms with E-state index in [0.717, 1.165) is 19.0 Å². The Balaban J connectivity index is 2.25. The number of hydrogen-bond acceptors (Lipinski definition) is 2. The summed E-state index contributed by atoms with van der Waals surface area (Å²) < 4.78 is 5.45. The fourth-order valence-corrected chi connectivity index (χ4v) is 2.25. The zero-order valence-electron chi connectivity index (χ0n) is 10.9. The fourth-order valence-electron chi connectivity index (χ4n) is 2.25. The number of ether oxygens (including phenoxy) is 1. The Bertz CT molecular complexity index is 173. The molecule has 1 rings (SSSR count). The summed E-state index contributed by atoms with van der Waals surface area (Å²) in [5.41, 5.74) is 0.0307. The van der Waals surface area contributed by atoms with E-state index < -0.39 is 0 Å². The number of rotatable bonds is 5. The van der Waals surface area contributed by atoms with E-state index in [1.165, 1.54) is 32.1 Å². The lowest BCUT2D eigenvalue weighted by Gasteiger charge is -2.33. The van der Waals surface area contributed by atoms with Crippen molar-refractivity contribution in [1.29, 1.82) is 0 Å². The van der Waals surface area contributed by atoms with E-state index in [1.807, 2.05) is 0 Å². The molecule has 0 heterocycles. The average Bonchev–Trinajstić information content (AvgIpc) is 2.27. The minimum Gasteiger partial charge on any atom is -0.379 e. The van der Waals surface area contributed by atoms with Crippen LogP contribution in [0.15, 0.2) is 0 Å². The first kappa shape index (κ1) is 13.0. The SMILES string of the molecule is COC(C)(C)CCN(C)C1CCCCC1. The molecule has 0 unspecified atom stereocenters. The average molecular weight is 213 g/mol. The van der Waals surface area contributed by atoms with Crippen LogP contribution in [-0.2, 0) is 4.74 Å². The molecule has 2 nitrogen and oxygen atoms in total. The van der Waals surface area contributed by atoms with Gasteiger partial charge in [0, 0.05) is 19.7 Å². The summed E-state index contributed by atoms with van der Waals surface area (Å²) in [6.45, 7) is 5.49. The molecule has 0 atom stereocenters. The molecule has 1 aliphatic carbocycles. The molecule has 0 aromatic carbocycles. The molecular weight excluding hydrogens is 186 g/mol. The number of hydrogen-bond donors (Lipinski definition) is 0. The first-order chi connectivity index (χ1) is 7.05. The van der Waals surface area contributed by atoms with Crippen LogP contribution in [-0.4, -0.2) is 37.2 Å². The highest BCUT2D eigenvalue weighted by atomic mass is 16.5. The van der Waals surface area contributed by atoms with Gasteiger partial charge in [0.25, 0.3) is 0 Å². The van der Waals surface area contributed by atoms with Crippen LogP contribution in [0.2, 0.25) is 0 Å². The molecule has 0 N–H and O–H groups in total. The third-order valence-corrected chi connectivity index (χ3v) is 3.82. The van der Waals surface area contributed by atoms with E-state index in [1.54, 1.807) is 7.11 Å². The van der Waals surface area contributed by atoms with Gasteiger partial charge in [-0.1, -0.05) is 19.3 Å². The van der Waals surface area contributed by atoms with Gasteiger partial charge in [-0.15, -0.1) is 0 Å². The minimum atomic E-state index is 0.0307. The molecule has 0 bridgehead atoms. The van der Waals surface area contributed by atoms with Crippen LogP contribution in [0.4, 0.5) is 0 Å². The zero-order valence-corrected chi connectivity index (χ0v) is 10.9. The van der Waals surface area contributed by atoms with Crippen LogP contribution in [0.3, 0.4) is 0 Å². The highest BCUT2D eigenvalue weighted by Gasteiger charge is 2.21. The summed E-state index contributed by atoms with van der Waals surface area (Å²) in [5.74, 6) is 0. The molecular formula is C13H27NO. The van der Waals surface area contributed by atoms with Gasteiger partial charge in [0.15, 0.2) is 0 Å². The lowest BCUT2D eigenvalue weighted by Crippen LogP contribution is -2.37. The second-order valence-electron chi connectivity index (χ2n) is 5.49. The first-order valence-corrected chi connectivity index (χ1v) is 6.30. The molecule has 1 fully saturated rings. The van der Waals surface area contributed by atoms with Crippen LogP contribution in [0.1, 0.15) is 52.4 Å². The smallest absolute Gasteiger partial charge is 0.0634 e. The predicted octanol–water partition coefficient (Wildman–Crippen LogP) is 3.07. The van der Waals surface area contributed by atoms with Gasteiger partial charge in [0.05, 0.1) is 5.60 Å². The van der Waals surface area contributed by atoms with Gasteiger partial charge in [0.2, 0.25) is 0 Å². The Hall–Kier alpha value is -0.0800. The van der Waals surface area contributed by atoms with Crippen LogP contribution in [0.25, 0.3) is 0 Å². The molecule has 0 aromatic rings. The maximum Gasteiger partial charge on any atom is 0.0634 e. The molecule has 0 spiro atoms. The summed E-state index contributed by atoms with van der Waals surface area (Å²) in [6, 6.07) is 0.825. The van der Waals surface area contributed by atoms with Crippen molar-refractivity contribution in [2.75, 3.05) is 20.7 Å². The summed E-state index contributed by atoms with van der Waals surface area (Å²) in [6.07, 6.45) is 8.18. The molecule has 0 aromatic heterocycles. The summed E-state index contributed by atoms with van der Waals surface area (Å²) in [7, 11) is 4.07. The van der Waals surface area contributed by atoms with Crippen molar-refractivity contribution in [3.63, 3.8) is 0 Å². The van der Waals surface area contributed by atoms with E-state index in [2.05, 4.69) is 25.8 Å². The second-order valence-corrected chi connectivity index (χ2v) is 5.49. The van der Waals surface area contributed by atoms with E-state index in [4.69, 9.17) is 4.74 Å². The molecule has 15 heavy (non-hydrogen) atoms.